The molecule has 7 unspecified atom stereocenters. The number of fused-ring (bicyclic) bond motifs is 5. The summed E-state index contributed by atoms with van der Waals surface area (Å²) in [5.74, 6) is 2.22. The maximum Gasteiger partial charge on any atom is 0.251 e. The summed E-state index contributed by atoms with van der Waals surface area (Å²) in [5, 5.41) is 13.7. The van der Waals surface area contributed by atoms with Gasteiger partial charge in [-0.15, -0.1) is 0 Å². The quantitative estimate of drug-likeness (QED) is 0.643. The summed E-state index contributed by atoms with van der Waals surface area (Å²) < 4.78 is 0. The van der Waals surface area contributed by atoms with Crippen LogP contribution in [0.1, 0.15) is 75.6 Å². The van der Waals surface area contributed by atoms with Crippen LogP contribution in [-0.4, -0.2) is 37.3 Å². The third-order valence-corrected chi connectivity index (χ3v) is 10.0. The van der Waals surface area contributed by atoms with E-state index in [1.54, 1.807) is 0 Å². The number of rotatable bonds is 3. The van der Waals surface area contributed by atoms with Crippen LogP contribution in [0.25, 0.3) is 0 Å². The molecule has 1 aromatic carbocycles. The first kappa shape index (κ1) is 22.0. The van der Waals surface area contributed by atoms with Crippen molar-refractivity contribution < 1.29 is 9.90 Å². The number of anilines is 1. The topological polar surface area (TPSA) is 52.6 Å². The Morgan fingerprint density at radius 2 is 1.78 bits per heavy atom. The van der Waals surface area contributed by atoms with E-state index >= 15 is 0 Å². The molecule has 5 rings (SSSR count). The lowest BCUT2D eigenvalue weighted by Gasteiger charge is -2.58. The fourth-order valence-electron chi connectivity index (χ4n) is 8.03. The minimum Gasteiger partial charge on any atom is -0.393 e. The second-order valence-corrected chi connectivity index (χ2v) is 11.7. The molecular formula is C28H40N2O2. The zero-order valence-electron chi connectivity index (χ0n) is 20.2. The standard InChI is InChI=1S/C28H40N2O2/c1-27-15-13-21(31)17-19(27)7-10-22-23-11-12-25(28(23,2)16-14-24(22)27)29-26(32)18-5-8-20(9-6-18)30(3)4/h5-9,21-25,31H,10-17H2,1-4H3,(H,29,32). The van der Waals surface area contributed by atoms with Gasteiger partial charge >= 0.3 is 0 Å². The summed E-state index contributed by atoms with van der Waals surface area (Å²) in [6, 6.07) is 8.20. The molecule has 2 N–H and O–H groups in total. The van der Waals surface area contributed by atoms with Crippen molar-refractivity contribution in [2.45, 2.75) is 77.4 Å². The highest BCUT2D eigenvalue weighted by molar-refractivity contribution is 5.94. The maximum absolute atomic E-state index is 13.1. The number of aliphatic hydroxyl groups excluding tert-OH is 1. The van der Waals surface area contributed by atoms with Crippen LogP contribution in [0, 0.1) is 28.6 Å². The van der Waals surface area contributed by atoms with Crippen LogP contribution in [0.4, 0.5) is 5.69 Å². The van der Waals surface area contributed by atoms with E-state index in [2.05, 4.69) is 30.1 Å². The first-order valence-electron chi connectivity index (χ1n) is 12.7. The molecule has 4 aliphatic carbocycles. The average molecular weight is 437 g/mol. The normalized spacial score (nSPS) is 40.5. The Hall–Kier alpha value is -1.81. The lowest BCUT2D eigenvalue weighted by atomic mass is 9.48. The number of nitrogens with zero attached hydrogens (tertiary/aromatic N) is 1. The maximum atomic E-state index is 13.1. The fraction of sp³-hybridized carbons (Fsp3) is 0.679. The van der Waals surface area contributed by atoms with Crippen molar-refractivity contribution in [1.82, 2.24) is 5.32 Å². The predicted octanol–water partition coefficient (Wildman–Crippen LogP) is 5.17. The number of aliphatic hydroxyl groups is 1. The van der Waals surface area contributed by atoms with Crippen molar-refractivity contribution in [1.29, 1.82) is 0 Å². The van der Waals surface area contributed by atoms with Crippen molar-refractivity contribution in [3.63, 3.8) is 0 Å². The fourth-order valence-corrected chi connectivity index (χ4v) is 8.03. The van der Waals surface area contributed by atoms with Gasteiger partial charge in [0.05, 0.1) is 6.10 Å². The molecule has 0 aromatic heterocycles. The molecule has 4 nitrogen and oxygen atoms in total. The second kappa shape index (κ2) is 7.90. The molecule has 3 saturated carbocycles. The molecule has 0 radical (unpaired) electrons. The molecule has 0 saturated heterocycles. The van der Waals surface area contributed by atoms with Crippen LogP contribution >= 0.6 is 0 Å². The molecule has 0 spiro atoms. The highest BCUT2D eigenvalue weighted by atomic mass is 16.3. The third kappa shape index (κ3) is 3.41. The predicted molar refractivity (Wildman–Crippen MR) is 130 cm³/mol. The van der Waals surface area contributed by atoms with Crippen molar-refractivity contribution in [3.8, 4) is 0 Å². The molecule has 174 valence electrons. The summed E-state index contributed by atoms with van der Waals surface area (Å²) in [4.78, 5) is 15.1. The lowest BCUT2D eigenvalue weighted by molar-refractivity contribution is -0.0426. The molecule has 0 heterocycles. The SMILES string of the molecule is CN(C)c1ccc(C(=O)NC2CCC3C4CC=C5CC(O)CCC5(C)C4CCC23C)cc1. The minimum atomic E-state index is -0.141. The molecule has 7 atom stereocenters. The number of benzene rings is 1. The van der Waals surface area contributed by atoms with Gasteiger partial charge in [-0.05, 0) is 104 Å². The smallest absolute Gasteiger partial charge is 0.251 e. The number of nitrogens with one attached hydrogen (secondary N) is 1. The van der Waals surface area contributed by atoms with E-state index in [4.69, 9.17) is 0 Å². The molecule has 0 aliphatic heterocycles. The molecule has 1 amide bonds. The summed E-state index contributed by atoms with van der Waals surface area (Å²) >= 11 is 0. The van der Waals surface area contributed by atoms with Gasteiger partial charge in [0.15, 0.2) is 0 Å². The number of amides is 1. The summed E-state index contributed by atoms with van der Waals surface area (Å²) in [6.45, 7) is 4.93. The van der Waals surface area contributed by atoms with Gasteiger partial charge in [-0.1, -0.05) is 25.5 Å². The van der Waals surface area contributed by atoms with Crippen LogP contribution in [0.15, 0.2) is 35.9 Å². The summed E-state index contributed by atoms with van der Waals surface area (Å²) in [6.07, 6.45) is 11.3. The van der Waals surface area contributed by atoms with E-state index < -0.39 is 0 Å². The van der Waals surface area contributed by atoms with Gasteiger partial charge in [-0.2, -0.15) is 0 Å². The van der Waals surface area contributed by atoms with E-state index in [0.717, 1.165) is 55.2 Å². The van der Waals surface area contributed by atoms with Gasteiger partial charge < -0.3 is 15.3 Å². The van der Waals surface area contributed by atoms with Crippen molar-refractivity contribution in [3.05, 3.63) is 41.5 Å². The van der Waals surface area contributed by atoms with Crippen LogP contribution in [-0.2, 0) is 0 Å². The molecule has 4 heteroatoms. The number of carbonyl (C=O) groups excluding carboxylic acids is 1. The van der Waals surface area contributed by atoms with Gasteiger partial charge in [0.25, 0.3) is 5.91 Å². The molecule has 4 aliphatic rings. The van der Waals surface area contributed by atoms with E-state index in [9.17, 15) is 9.90 Å². The van der Waals surface area contributed by atoms with Crippen LogP contribution in [0.5, 0.6) is 0 Å². The van der Waals surface area contributed by atoms with E-state index in [1.807, 2.05) is 38.4 Å². The van der Waals surface area contributed by atoms with Gasteiger partial charge in [0.2, 0.25) is 0 Å². The lowest BCUT2D eigenvalue weighted by Crippen LogP contribution is -2.53. The number of hydrogen-bond acceptors (Lipinski definition) is 3. The largest absolute Gasteiger partial charge is 0.393 e. The van der Waals surface area contributed by atoms with E-state index in [0.29, 0.717) is 5.92 Å². The van der Waals surface area contributed by atoms with Crippen LogP contribution < -0.4 is 10.2 Å². The first-order valence-corrected chi connectivity index (χ1v) is 12.7. The Kier molecular flexibility index (Phi) is 5.43. The minimum absolute atomic E-state index is 0.0726. The van der Waals surface area contributed by atoms with E-state index in [1.165, 1.54) is 24.8 Å². The molecule has 0 bridgehead atoms. The number of carbonyl (C=O) groups is 1. The van der Waals surface area contributed by atoms with Crippen LogP contribution in [0.3, 0.4) is 0 Å². The van der Waals surface area contributed by atoms with Gasteiger partial charge in [0.1, 0.15) is 0 Å². The zero-order valence-corrected chi connectivity index (χ0v) is 20.2. The number of hydrogen-bond donors (Lipinski definition) is 2. The highest BCUT2D eigenvalue weighted by Crippen LogP contribution is 2.64. The summed E-state index contributed by atoms with van der Waals surface area (Å²) in [7, 11) is 4.04. The second-order valence-electron chi connectivity index (χ2n) is 11.7. The van der Waals surface area contributed by atoms with Crippen molar-refractivity contribution >= 4 is 11.6 Å². The van der Waals surface area contributed by atoms with E-state index in [-0.39, 0.29) is 28.9 Å². The Labute approximate surface area is 193 Å². The molecule has 3 fully saturated rings. The van der Waals surface area contributed by atoms with Gasteiger partial charge in [-0.3, -0.25) is 4.79 Å². The molecule has 1 aromatic rings. The Morgan fingerprint density at radius 1 is 1.03 bits per heavy atom. The Bertz CT molecular complexity index is 907. The van der Waals surface area contributed by atoms with Gasteiger partial charge in [-0.25, -0.2) is 0 Å². The molecular weight excluding hydrogens is 396 g/mol. The Balaban J connectivity index is 1.32. The zero-order chi connectivity index (χ0) is 22.7. The van der Waals surface area contributed by atoms with Gasteiger partial charge in [0, 0.05) is 31.4 Å². The highest BCUT2D eigenvalue weighted by Gasteiger charge is 2.58. The average Bonchev–Trinajstić information content (AvgIpc) is 3.10. The third-order valence-electron chi connectivity index (χ3n) is 10.0. The first-order chi connectivity index (χ1) is 15.2. The number of allylic oxidation sites excluding steroid dienone is 1. The van der Waals surface area contributed by atoms with Crippen molar-refractivity contribution in [2.75, 3.05) is 19.0 Å². The molecule has 32 heavy (non-hydrogen) atoms. The summed E-state index contributed by atoms with van der Waals surface area (Å²) in [5.41, 5.74) is 3.87. The monoisotopic (exact) mass is 436 g/mol. The van der Waals surface area contributed by atoms with Crippen molar-refractivity contribution in [2.24, 2.45) is 28.6 Å². The Morgan fingerprint density at radius 3 is 2.50 bits per heavy atom. The van der Waals surface area contributed by atoms with Crippen LogP contribution in [0.2, 0.25) is 0 Å².